The van der Waals surface area contributed by atoms with E-state index in [0.29, 0.717) is 18.0 Å². The number of aliphatic hydroxyl groups is 1. The molecule has 5 nitrogen and oxygen atoms in total. The van der Waals surface area contributed by atoms with Crippen molar-refractivity contribution in [3.8, 4) is 0 Å². The van der Waals surface area contributed by atoms with Crippen LogP contribution >= 0.6 is 0 Å². The van der Waals surface area contributed by atoms with Gasteiger partial charge in [-0.25, -0.2) is 0 Å². The van der Waals surface area contributed by atoms with E-state index in [0.717, 1.165) is 25.9 Å². The van der Waals surface area contributed by atoms with E-state index < -0.39 is 0 Å². The second kappa shape index (κ2) is 8.13. The van der Waals surface area contributed by atoms with Crippen LogP contribution in [0.2, 0.25) is 0 Å². The third-order valence-electron chi connectivity index (χ3n) is 4.61. The zero-order valence-corrected chi connectivity index (χ0v) is 13.7. The molecule has 1 aliphatic rings. The summed E-state index contributed by atoms with van der Waals surface area (Å²) in [5, 5.41) is 13.0. The summed E-state index contributed by atoms with van der Waals surface area (Å²) in [4.78, 5) is 14.2. The highest BCUT2D eigenvalue weighted by molar-refractivity contribution is 5.93. The van der Waals surface area contributed by atoms with Gasteiger partial charge >= 0.3 is 0 Å². The van der Waals surface area contributed by atoms with Crippen LogP contribution in [0.25, 0.3) is 0 Å². The molecule has 1 aromatic heterocycles. The maximum absolute atomic E-state index is 12.3. The van der Waals surface area contributed by atoms with Gasteiger partial charge in [0.25, 0.3) is 5.91 Å². The second-order valence-corrected chi connectivity index (χ2v) is 6.22. The van der Waals surface area contributed by atoms with E-state index in [1.54, 1.807) is 6.07 Å². The molecular weight excluding hydrogens is 304 g/mol. The minimum atomic E-state index is 0.0390. The molecule has 1 aromatic carbocycles. The summed E-state index contributed by atoms with van der Waals surface area (Å²) in [6.45, 7) is 1.63. The molecule has 1 saturated heterocycles. The number of aliphatic hydroxyl groups excluding tert-OH is 1. The number of hydrogen-bond acceptors (Lipinski definition) is 4. The molecule has 5 heteroatoms. The molecule has 2 aromatic rings. The van der Waals surface area contributed by atoms with Gasteiger partial charge in [0.2, 0.25) is 0 Å². The maximum Gasteiger partial charge on any atom is 0.257 e. The fourth-order valence-electron chi connectivity index (χ4n) is 3.26. The lowest BCUT2D eigenvalue weighted by atomic mass is 9.99. The molecule has 0 unspecified atom stereocenters. The first kappa shape index (κ1) is 16.7. The van der Waals surface area contributed by atoms with Gasteiger partial charge in [-0.3, -0.25) is 4.79 Å². The number of benzene rings is 1. The van der Waals surface area contributed by atoms with Gasteiger partial charge < -0.3 is 19.7 Å². The minimum absolute atomic E-state index is 0.0390. The van der Waals surface area contributed by atoms with Crippen molar-refractivity contribution in [2.24, 2.45) is 0 Å². The third-order valence-corrected chi connectivity index (χ3v) is 4.61. The lowest BCUT2D eigenvalue weighted by Gasteiger charge is -2.34. The minimum Gasteiger partial charge on any atom is -0.472 e. The van der Waals surface area contributed by atoms with Crippen LogP contribution in [0.1, 0.15) is 41.2 Å². The monoisotopic (exact) mass is 328 g/mol. The lowest BCUT2D eigenvalue weighted by Crippen LogP contribution is -2.45. The maximum atomic E-state index is 12.3. The molecule has 2 heterocycles. The molecule has 1 atom stereocenters. The van der Waals surface area contributed by atoms with Crippen molar-refractivity contribution in [3.05, 3.63) is 60.1 Å². The summed E-state index contributed by atoms with van der Waals surface area (Å²) >= 11 is 0. The van der Waals surface area contributed by atoms with Crippen molar-refractivity contribution in [3.63, 3.8) is 0 Å². The highest BCUT2D eigenvalue weighted by Crippen LogP contribution is 2.21. The Morgan fingerprint density at radius 2 is 2.00 bits per heavy atom. The molecule has 1 fully saturated rings. The molecule has 0 aliphatic carbocycles. The van der Waals surface area contributed by atoms with Crippen molar-refractivity contribution >= 4 is 5.91 Å². The van der Waals surface area contributed by atoms with Gasteiger partial charge in [0.15, 0.2) is 0 Å². The Labute approximate surface area is 142 Å². The molecule has 0 spiro atoms. The fraction of sp³-hybridized carbons (Fsp3) is 0.421. The zero-order valence-electron chi connectivity index (χ0n) is 13.7. The molecule has 3 rings (SSSR count). The summed E-state index contributed by atoms with van der Waals surface area (Å²) in [5.74, 6) is 0.0390. The summed E-state index contributed by atoms with van der Waals surface area (Å²) < 4.78 is 4.99. The number of piperidine rings is 1. The standard InChI is InChI=1S/C19H24N2O3/c22-12-8-18(15-4-2-1-3-5-15)20-17-6-10-21(11-7-17)19(23)16-9-13-24-14-16/h1-5,9,13-14,17-18,20,22H,6-8,10-12H2/t18-/m1/s1. The van der Waals surface area contributed by atoms with Crippen molar-refractivity contribution in [2.75, 3.05) is 19.7 Å². The SMILES string of the molecule is O=C(c1ccoc1)N1CCC(N[C@H](CCO)c2ccccc2)CC1. The predicted molar refractivity (Wildman–Crippen MR) is 91.7 cm³/mol. The molecule has 128 valence electrons. The van der Waals surface area contributed by atoms with Crippen LogP contribution < -0.4 is 5.32 Å². The second-order valence-electron chi connectivity index (χ2n) is 6.22. The number of carbonyl (C=O) groups is 1. The first-order chi connectivity index (χ1) is 11.8. The fourth-order valence-corrected chi connectivity index (χ4v) is 3.26. The smallest absolute Gasteiger partial charge is 0.257 e. The van der Waals surface area contributed by atoms with Gasteiger partial charge in [-0.2, -0.15) is 0 Å². The topological polar surface area (TPSA) is 65.7 Å². The van der Waals surface area contributed by atoms with Crippen LogP contribution in [0, 0.1) is 0 Å². The predicted octanol–water partition coefficient (Wildman–Crippen LogP) is 2.60. The van der Waals surface area contributed by atoms with Crippen LogP contribution in [0.3, 0.4) is 0 Å². The summed E-state index contributed by atoms with van der Waals surface area (Å²) in [5.41, 5.74) is 1.81. The van der Waals surface area contributed by atoms with Crippen molar-refractivity contribution < 1.29 is 14.3 Å². The Morgan fingerprint density at radius 3 is 2.62 bits per heavy atom. The Kier molecular flexibility index (Phi) is 5.67. The Balaban J connectivity index is 1.55. The molecule has 0 saturated carbocycles. The summed E-state index contributed by atoms with van der Waals surface area (Å²) in [6.07, 6.45) is 5.55. The Morgan fingerprint density at radius 1 is 1.25 bits per heavy atom. The van der Waals surface area contributed by atoms with Crippen molar-refractivity contribution in [2.45, 2.75) is 31.3 Å². The van der Waals surface area contributed by atoms with E-state index in [9.17, 15) is 9.90 Å². The number of nitrogens with zero attached hydrogens (tertiary/aromatic N) is 1. The van der Waals surface area contributed by atoms with Crippen LogP contribution in [-0.4, -0.2) is 41.7 Å². The van der Waals surface area contributed by atoms with E-state index in [2.05, 4.69) is 17.4 Å². The largest absolute Gasteiger partial charge is 0.472 e. The lowest BCUT2D eigenvalue weighted by molar-refractivity contribution is 0.0699. The van der Waals surface area contributed by atoms with E-state index in [1.165, 1.54) is 18.1 Å². The van der Waals surface area contributed by atoms with E-state index in [4.69, 9.17) is 4.42 Å². The number of likely N-dealkylation sites (tertiary alicyclic amines) is 1. The number of carbonyl (C=O) groups excluding carboxylic acids is 1. The van der Waals surface area contributed by atoms with Crippen LogP contribution in [0.15, 0.2) is 53.3 Å². The molecule has 24 heavy (non-hydrogen) atoms. The highest BCUT2D eigenvalue weighted by Gasteiger charge is 2.25. The summed E-state index contributed by atoms with van der Waals surface area (Å²) in [7, 11) is 0. The first-order valence-electron chi connectivity index (χ1n) is 8.51. The molecule has 0 bridgehead atoms. The Hall–Kier alpha value is -2.11. The number of rotatable bonds is 6. The van der Waals surface area contributed by atoms with Crippen molar-refractivity contribution in [1.82, 2.24) is 10.2 Å². The number of furan rings is 1. The highest BCUT2D eigenvalue weighted by atomic mass is 16.3. The van der Waals surface area contributed by atoms with Crippen molar-refractivity contribution in [1.29, 1.82) is 0 Å². The molecule has 1 aliphatic heterocycles. The number of amides is 1. The molecule has 2 N–H and O–H groups in total. The van der Waals surface area contributed by atoms with Gasteiger partial charge in [0.05, 0.1) is 11.8 Å². The first-order valence-corrected chi connectivity index (χ1v) is 8.51. The average Bonchev–Trinajstić information content (AvgIpc) is 3.17. The van der Waals surface area contributed by atoms with E-state index in [1.807, 2.05) is 23.1 Å². The molecule has 0 radical (unpaired) electrons. The normalized spacial score (nSPS) is 17.0. The number of nitrogens with one attached hydrogen (secondary N) is 1. The number of hydrogen-bond donors (Lipinski definition) is 2. The van der Waals surface area contributed by atoms with E-state index >= 15 is 0 Å². The van der Waals surface area contributed by atoms with E-state index in [-0.39, 0.29) is 18.6 Å². The average molecular weight is 328 g/mol. The van der Waals surface area contributed by atoms with Gasteiger partial charge in [-0.15, -0.1) is 0 Å². The van der Waals surface area contributed by atoms with Gasteiger partial charge in [0, 0.05) is 31.8 Å². The molecule has 1 amide bonds. The summed E-state index contributed by atoms with van der Waals surface area (Å²) in [6, 6.07) is 12.4. The Bertz CT molecular complexity index is 619. The van der Waals surface area contributed by atoms with Gasteiger partial charge in [0.1, 0.15) is 6.26 Å². The zero-order chi connectivity index (χ0) is 16.8. The third kappa shape index (κ3) is 4.04. The van der Waals surface area contributed by atoms with Crippen LogP contribution in [-0.2, 0) is 0 Å². The van der Waals surface area contributed by atoms with Crippen LogP contribution in [0.5, 0.6) is 0 Å². The van der Waals surface area contributed by atoms with Gasteiger partial charge in [-0.05, 0) is 30.9 Å². The quantitative estimate of drug-likeness (QED) is 0.855. The molecular formula is C19H24N2O3. The van der Waals surface area contributed by atoms with Crippen LogP contribution in [0.4, 0.5) is 0 Å². The van der Waals surface area contributed by atoms with Gasteiger partial charge in [-0.1, -0.05) is 30.3 Å².